The van der Waals surface area contributed by atoms with Crippen molar-refractivity contribution < 1.29 is 4.79 Å². The maximum absolute atomic E-state index is 13.1. The first-order valence-corrected chi connectivity index (χ1v) is 12.4. The van der Waals surface area contributed by atoms with Crippen LogP contribution in [-0.2, 0) is 0 Å². The zero-order valence-corrected chi connectivity index (χ0v) is 18.3. The van der Waals surface area contributed by atoms with Gasteiger partial charge in [-0.25, -0.2) is 0 Å². The number of hydrogen-bond acceptors (Lipinski definition) is 4. The summed E-state index contributed by atoms with van der Waals surface area (Å²) in [6.07, 6.45) is 7.47. The lowest BCUT2D eigenvalue weighted by Crippen LogP contribution is -2.65. The second-order valence-corrected chi connectivity index (χ2v) is 12.7. The van der Waals surface area contributed by atoms with Gasteiger partial charge in [0.15, 0.2) is 0 Å². The van der Waals surface area contributed by atoms with Gasteiger partial charge in [-0.05, 0) is 73.0 Å². The van der Waals surface area contributed by atoms with E-state index in [4.69, 9.17) is 12.2 Å². The van der Waals surface area contributed by atoms with E-state index >= 15 is 0 Å². The van der Waals surface area contributed by atoms with E-state index in [0.29, 0.717) is 10.8 Å². The van der Waals surface area contributed by atoms with Crippen LogP contribution >= 0.6 is 32.9 Å². The SMILES string of the molecule is C[C@]12C[C@@H]3C[C@](C)(C1)C[C@](NC(=O)c1ccc(-c4cssc4=S)cc1)(C3)C2. The zero-order valence-electron chi connectivity index (χ0n) is 15.8. The van der Waals surface area contributed by atoms with Crippen LogP contribution in [0.25, 0.3) is 11.1 Å². The van der Waals surface area contributed by atoms with Crippen LogP contribution in [0.1, 0.15) is 62.7 Å². The average molecular weight is 416 g/mol. The topological polar surface area (TPSA) is 29.1 Å². The molecule has 4 aliphatic rings. The van der Waals surface area contributed by atoms with Crippen molar-refractivity contribution in [2.75, 3.05) is 0 Å². The Kier molecular flexibility index (Phi) is 3.99. The first-order chi connectivity index (χ1) is 12.8. The van der Waals surface area contributed by atoms with Gasteiger partial charge in [-0.3, -0.25) is 4.79 Å². The summed E-state index contributed by atoms with van der Waals surface area (Å²) < 4.78 is 0.923. The molecule has 6 rings (SSSR count). The molecule has 1 heterocycles. The first-order valence-electron chi connectivity index (χ1n) is 9.78. The van der Waals surface area contributed by atoms with Crippen molar-refractivity contribution >= 4 is 38.8 Å². The van der Waals surface area contributed by atoms with Gasteiger partial charge in [-0.15, -0.1) is 0 Å². The lowest BCUT2D eigenvalue weighted by atomic mass is 9.43. The summed E-state index contributed by atoms with van der Waals surface area (Å²) in [5, 5.41) is 5.60. The van der Waals surface area contributed by atoms with Crippen LogP contribution in [0.15, 0.2) is 29.6 Å². The van der Waals surface area contributed by atoms with Crippen molar-refractivity contribution in [3.8, 4) is 11.1 Å². The summed E-state index contributed by atoms with van der Waals surface area (Å²) in [5.74, 6) is 0.867. The van der Waals surface area contributed by atoms with Gasteiger partial charge >= 0.3 is 0 Å². The minimum atomic E-state index is 0.00149. The van der Waals surface area contributed by atoms with Crippen molar-refractivity contribution in [3.63, 3.8) is 0 Å². The summed E-state index contributed by atoms with van der Waals surface area (Å²) >= 11 is 5.39. The molecule has 2 nitrogen and oxygen atoms in total. The van der Waals surface area contributed by atoms with Crippen LogP contribution < -0.4 is 5.32 Å². The largest absolute Gasteiger partial charge is 0.347 e. The quantitative estimate of drug-likeness (QED) is 0.447. The highest BCUT2D eigenvalue weighted by Gasteiger charge is 2.60. The molecule has 1 N–H and O–H groups in total. The maximum atomic E-state index is 13.1. The van der Waals surface area contributed by atoms with E-state index in [-0.39, 0.29) is 11.4 Å². The summed E-state index contributed by atoms with van der Waals surface area (Å²) in [5.41, 5.74) is 3.78. The summed E-state index contributed by atoms with van der Waals surface area (Å²) in [6.45, 7) is 4.89. The molecular formula is C22H25NOS3. The van der Waals surface area contributed by atoms with Gasteiger partial charge in [0, 0.05) is 22.0 Å². The Morgan fingerprint density at radius 1 is 1.07 bits per heavy atom. The Morgan fingerprint density at radius 3 is 2.30 bits per heavy atom. The standard InChI is InChI=1S/C22H25NOS3/c1-20-7-14-8-21(2,11-20)13-22(9-14,12-20)23-18(24)16-5-3-15(4-6-16)17-10-26-27-19(17)25/h3-6,10,14H,7-9,11-13H2,1-2H3,(H,23,24)/t14-,20+,21-,22+. The Labute approximate surface area is 173 Å². The normalized spacial score (nSPS) is 36.7. The van der Waals surface area contributed by atoms with E-state index < -0.39 is 0 Å². The molecule has 1 aromatic heterocycles. The molecule has 5 heteroatoms. The van der Waals surface area contributed by atoms with E-state index in [0.717, 1.165) is 45.7 Å². The molecule has 1 aromatic carbocycles. The molecule has 2 aromatic rings. The Hall–Kier alpha value is -1.04. The molecule has 0 radical (unpaired) electrons. The minimum absolute atomic E-state index is 0.00149. The van der Waals surface area contributed by atoms with Crippen LogP contribution in [0.2, 0.25) is 0 Å². The number of carbonyl (C=O) groups is 1. The summed E-state index contributed by atoms with van der Waals surface area (Å²) in [6, 6.07) is 7.96. The van der Waals surface area contributed by atoms with Crippen molar-refractivity contribution in [1.82, 2.24) is 5.32 Å². The number of amides is 1. The lowest BCUT2D eigenvalue weighted by molar-refractivity contribution is -0.114. The molecular weight excluding hydrogens is 390 g/mol. The van der Waals surface area contributed by atoms with Crippen molar-refractivity contribution in [1.29, 1.82) is 0 Å². The molecule has 0 saturated heterocycles. The fourth-order valence-corrected chi connectivity index (χ4v) is 9.49. The van der Waals surface area contributed by atoms with Gasteiger partial charge in [0.2, 0.25) is 0 Å². The Morgan fingerprint density at radius 2 is 1.74 bits per heavy atom. The molecule has 4 aliphatic carbocycles. The zero-order chi connectivity index (χ0) is 18.9. The Bertz CT molecular complexity index is 938. The van der Waals surface area contributed by atoms with E-state index in [1.165, 1.54) is 19.3 Å². The highest BCUT2D eigenvalue weighted by molar-refractivity contribution is 7.79. The second kappa shape index (κ2) is 5.98. The lowest BCUT2D eigenvalue weighted by Gasteiger charge is -2.65. The highest BCUT2D eigenvalue weighted by atomic mass is 32.9. The Balaban J connectivity index is 1.38. The third-order valence-electron chi connectivity index (χ3n) is 6.97. The average Bonchev–Trinajstić information content (AvgIpc) is 2.97. The predicted molar refractivity (Wildman–Crippen MR) is 116 cm³/mol. The van der Waals surface area contributed by atoms with E-state index in [1.54, 1.807) is 20.7 Å². The predicted octanol–water partition coefficient (Wildman–Crippen LogP) is 6.68. The minimum Gasteiger partial charge on any atom is -0.347 e. The maximum Gasteiger partial charge on any atom is 0.251 e. The fourth-order valence-electron chi connectivity index (χ4n) is 7.10. The molecule has 0 unspecified atom stereocenters. The fraction of sp³-hybridized carbons (Fsp3) is 0.545. The van der Waals surface area contributed by atoms with Crippen molar-refractivity contribution in [3.05, 3.63) is 39.0 Å². The van der Waals surface area contributed by atoms with Crippen LogP contribution in [0, 0.1) is 20.6 Å². The van der Waals surface area contributed by atoms with Gasteiger partial charge in [0.1, 0.15) is 3.82 Å². The van der Waals surface area contributed by atoms with E-state index in [9.17, 15) is 4.79 Å². The van der Waals surface area contributed by atoms with Gasteiger partial charge in [0.25, 0.3) is 5.91 Å². The van der Waals surface area contributed by atoms with E-state index in [2.05, 4.69) is 24.5 Å². The molecule has 0 aliphatic heterocycles. The monoisotopic (exact) mass is 415 g/mol. The number of rotatable bonds is 3. The molecule has 4 atom stereocenters. The van der Waals surface area contributed by atoms with Gasteiger partial charge in [0.05, 0.1) is 0 Å². The van der Waals surface area contributed by atoms with Gasteiger partial charge in [-0.1, -0.05) is 58.9 Å². The highest BCUT2D eigenvalue weighted by Crippen LogP contribution is 2.66. The van der Waals surface area contributed by atoms with Crippen LogP contribution in [0.5, 0.6) is 0 Å². The molecule has 4 fully saturated rings. The second-order valence-electron chi connectivity index (χ2n) is 9.94. The van der Waals surface area contributed by atoms with Crippen molar-refractivity contribution in [2.24, 2.45) is 16.7 Å². The third kappa shape index (κ3) is 3.12. The molecule has 4 saturated carbocycles. The van der Waals surface area contributed by atoms with Crippen LogP contribution in [0.3, 0.4) is 0 Å². The molecule has 0 spiro atoms. The van der Waals surface area contributed by atoms with Gasteiger partial charge in [-0.2, -0.15) is 0 Å². The molecule has 4 bridgehead atoms. The summed E-state index contributed by atoms with van der Waals surface area (Å²) in [7, 11) is 3.29. The number of nitrogens with one attached hydrogen (secondary N) is 1. The molecule has 142 valence electrons. The van der Waals surface area contributed by atoms with Crippen LogP contribution in [-0.4, -0.2) is 11.4 Å². The van der Waals surface area contributed by atoms with Crippen molar-refractivity contribution in [2.45, 2.75) is 57.9 Å². The van der Waals surface area contributed by atoms with Gasteiger partial charge < -0.3 is 5.32 Å². The number of carbonyl (C=O) groups excluding carboxylic acids is 1. The number of benzene rings is 1. The molecule has 1 amide bonds. The summed E-state index contributed by atoms with van der Waals surface area (Å²) in [4.78, 5) is 13.1. The van der Waals surface area contributed by atoms with E-state index in [1.807, 2.05) is 24.3 Å². The molecule has 27 heavy (non-hydrogen) atoms. The smallest absolute Gasteiger partial charge is 0.251 e. The number of hydrogen-bond donors (Lipinski definition) is 1. The van der Waals surface area contributed by atoms with Crippen LogP contribution in [0.4, 0.5) is 0 Å². The first kappa shape index (κ1) is 18.0. The third-order valence-corrected chi connectivity index (χ3v) is 9.64.